The van der Waals surface area contributed by atoms with Crippen LogP contribution < -0.4 is 4.74 Å². The molecule has 1 aromatic carbocycles. The van der Waals surface area contributed by atoms with Crippen molar-refractivity contribution < 1.29 is 14.3 Å². The number of carbonyl (C=O) groups is 2. The third kappa shape index (κ3) is 6.24. The van der Waals surface area contributed by atoms with Crippen LogP contribution in [0.4, 0.5) is 0 Å². The van der Waals surface area contributed by atoms with Crippen molar-refractivity contribution in [2.24, 2.45) is 0 Å². The first kappa shape index (κ1) is 25.7. The van der Waals surface area contributed by atoms with Crippen molar-refractivity contribution in [1.82, 2.24) is 14.8 Å². The molecule has 190 valence electrons. The first-order chi connectivity index (χ1) is 17.1. The van der Waals surface area contributed by atoms with E-state index in [1.54, 1.807) is 5.51 Å². The Kier molecular flexibility index (Phi) is 9.18. The van der Waals surface area contributed by atoms with Gasteiger partial charge in [0.25, 0.3) is 11.8 Å². The summed E-state index contributed by atoms with van der Waals surface area (Å²) in [4.78, 5) is 36.4. The van der Waals surface area contributed by atoms with Crippen molar-refractivity contribution in [2.75, 3.05) is 19.6 Å². The highest BCUT2D eigenvalue weighted by atomic mass is 32.1. The highest BCUT2D eigenvalue weighted by Gasteiger charge is 2.36. The zero-order valence-electron chi connectivity index (χ0n) is 21.2. The Morgan fingerprint density at radius 1 is 1.06 bits per heavy atom. The third-order valence-electron chi connectivity index (χ3n) is 7.27. The number of rotatable bonds is 3. The smallest absolute Gasteiger partial charge is 0.266 e. The molecule has 7 heteroatoms. The summed E-state index contributed by atoms with van der Waals surface area (Å²) in [6.45, 7) is 6.31. The van der Waals surface area contributed by atoms with Crippen molar-refractivity contribution in [3.05, 3.63) is 45.9 Å². The van der Waals surface area contributed by atoms with E-state index in [-0.39, 0.29) is 24.0 Å². The lowest BCUT2D eigenvalue weighted by molar-refractivity contribution is 0.0273. The Labute approximate surface area is 213 Å². The van der Waals surface area contributed by atoms with Gasteiger partial charge in [-0.2, -0.15) is 0 Å². The SMILES string of the molecule is CCCN1CCCCCCCN(C(=O)c2scnc2C)[C@@H]2CCCC[C@@H]2Oc2ccccc2C1=O. The largest absolute Gasteiger partial charge is 0.487 e. The second-order valence-corrected chi connectivity index (χ2v) is 10.7. The molecule has 6 nitrogen and oxygen atoms in total. The van der Waals surface area contributed by atoms with E-state index in [1.807, 2.05) is 36.1 Å². The molecule has 1 aromatic heterocycles. The zero-order valence-corrected chi connectivity index (χ0v) is 22.0. The molecule has 2 aliphatic rings. The van der Waals surface area contributed by atoms with Crippen LogP contribution in [0.1, 0.15) is 96.9 Å². The van der Waals surface area contributed by atoms with Gasteiger partial charge in [-0.1, -0.05) is 44.7 Å². The normalized spacial score (nSPS) is 22.4. The first-order valence-electron chi connectivity index (χ1n) is 13.4. The number of benzene rings is 1. The highest BCUT2D eigenvalue weighted by Crippen LogP contribution is 2.32. The van der Waals surface area contributed by atoms with E-state index in [0.29, 0.717) is 11.3 Å². The van der Waals surface area contributed by atoms with E-state index in [2.05, 4.69) is 16.8 Å². The van der Waals surface area contributed by atoms with Crippen molar-refractivity contribution in [3.63, 3.8) is 0 Å². The molecule has 1 saturated carbocycles. The molecule has 1 fully saturated rings. The van der Waals surface area contributed by atoms with Gasteiger partial charge >= 0.3 is 0 Å². The molecule has 0 spiro atoms. The van der Waals surface area contributed by atoms with Gasteiger partial charge in [0.1, 0.15) is 16.7 Å². The third-order valence-corrected chi connectivity index (χ3v) is 8.19. The minimum Gasteiger partial charge on any atom is -0.487 e. The van der Waals surface area contributed by atoms with Gasteiger partial charge in [0.05, 0.1) is 22.8 Å². The van der Waals surface area contributed by atoms with Gasteiger partial charge in [0.2, 0.25) is 0 Å². The van der Waals surface area contributed by atoms with Crippen molar-refractivity contribution in [1.29, 1.82) is 0 Å². The molecule has 0 unspecified atom stereocenters. The maximum Gasteiger partial charge on any atom is 0.266 e. The number of para-hydroxylation sites is 1. The fourth-order valence-corrected chi connectivity index (χ4v) is 6.16. The summed E-state index contributed by atoms with van der Waals surface area (Å²) in [5.74, 6) is 0.776. The van der Waals surface area contributed by atoms with Gasteiger partial charge in [0.15, 0.2) is 0 Å². The number of hydrogen-bond acceptors (Lipinski definition) is 5. The van der Waals surface area contributed by atoms with E-state index in [9.17, 15) is 9.59 Å². The number of ether oxygens (including phenoxy) is 1. The number of aryl methyl sites for hydroxylation is 1. The van der Waals surface area contributed by atoms with Crippen LogP contribution in [0.15, 0.2) is 29.8 Å². The standard InChI is InChI=1S/C28H39N3O3S/c1-3-17-30-18-11-5-4-6-12-19-31(28(33)26-21(2)29-20-35-26)23-14-8-10-16-25(23)34-24-15-9-7-13-22(24)27(30)32/h7,9,13,15,20,23,25H,3-6,8,10-12,14,16-19H2,1-2H3/t23-,25+/m1/s1. The number of hydrogen-bond donors (Lipinski definition) is 0. The number of aromatic nitrogens is 1. The molecule has 0 N–H and O–H groups in total. The highest BCUT2D eigenvalue weighted by molar-refractivity contribution is 7.11. The van der Waals surface area contributed by atoms with Crippen LogP contribution in [0.5, 0.6) is 5.75 Å². The summed E-state index contributed by atoms with van der Waals surface area (Å²) >= 11 is 1.43. The minimum absolute atomic E-state index is 0.00205. The predicted molar refractivity (Wildman–Crippen MR) is 140 cm³/mol. The van der Waals surface area contributed by atoms with Crippen LogP contribution in [0.3, 0.4) is 0 Å². The van der Waals surface area contributed by atoms with Crippen molar-refractivity contribution in [3.8, 4) is 5.75 Å². The van der Waals surface area contributed by atoms with E-state index < -0.39 is 0 Å². The quantitative estimate of drug-likeness (QED) is 0.514. The molecule has 2 atom stereocenters. The van der Waals surface area contributed by atoms with Gasteiger partial charge in [0, 0.05) is 19.6 Å². The molecule has 1 aliphatic carbocycles. The number of nitrogens with zero attached hydrogens (tertiary/aromatic N) is 3. The van der Waals surface area contributed by atoms with Gasteiger partial charge < -0.3 is 14.5 Å². The number of fused-ring (bicyclic) bond motifs is 2. The molecular formula is C28H39N3O3S. The van der Waals surface area contributed by atoms with E-state index in [1.165, 1.54) is 11.3 Å². The molecule has 4 rings (SSSR count). The van der Waals surface area contributed by atoms with Gasteiger partial charge in [-0.05, 0) is 57.6 Å². The lowest BCUT2D eigenvalue weighted by Gasteiger charge is -2.40. The summed E-state index contributed by atoms with van der Waals surface area (Å²) in [6, 6.07) is 7.66. The summed E-state index contributed by atoms with van der Waals surface area (Å²) in [5.41, 5.74) is 3.20. The summed E-state index contributed by atoms with van der Waals surface area (Å²) in [7, 11) is 0. The topological polar surface area (TPSA) is 62.7 Å². The Bertz CT molecular complexity index is 991. The van der Waals surface area contributed by atoms with E-state index in [4.69, 9.17) is 4.74 Å². The van der Waals surface area contributed by atoms with Gasteiger partial charge in [-0.15, -0.1) is 11.3 Å². The molecule has 2 amide bonds. The zero-order chi connectivity index (χ0) is 24.6. The Hall–Kier alpha value is -2.41. The van der Waals surface area contributed by atoms with E-state index in [0.717, 1.165) is 94.4 Å². The minimum atomic E-state index is -0.125. The van der Waals surface area contributed by atoms with E-state index >= 15 is 0 Å². The number of carbonyl (C=O) groups excluding carboxylic acids is 2. The molecule has 2 heterocycles. The fourth-order valence-electron chi connectivity index (χ4n) is 5.41. The molecule has 0 bridgehead atoms. The van der Waals surface area contributed by atoms with Crippen LogP contribution in [-0.2, 0) is 0 Å². The first-order valence-corrected chi connectivity index (χ1v) is 14.2. The summed E-state index contributed by atoms with van der Waals surface area (Å²) in [5, 5.41) is 0. The fraction of sp³-hybridized carbons (Fsp3) is 0.607. The summed E-state index contributed by atoms with van der Waals surface area (Å²) in [6.07, 6.45) is 10.1. The number of amides is 2. The second kappa shape index (κ2) is 12.5. The van der Waals surface area contributed by atoms with Gasteiger partial charge in [-0.3, -0.25) is 9.59 Å². The molecule has 1 aliphatic heterocycles. The molecule has 2 aromatic rings. The maximum atomic E-state index is 13.7. The van der Waals surface area contributed by atoms with Crippen LogP contribution in [0.25, 0.3) is 0 Å². The van der Waals surface area contributed by atoms with Crippen molar-refractivity contribution in [2.45, 2.75) is 90.2 Å². The predicted octanol–water partition coefficient (Wildman–Crippen LogP) is 6.10. The van der Waals surface area contributed by atoms with Gasteiger partial charge in [-0.25, -0.2) is 4.98 Å². The lowest BCUT2D eigenvalue weighted by atomic mass is 9.90. The Balaban J connectivity index is 1.67. The molecule has 0 radical (unpaired) electrons. The Morgan fingerprint density at radius 2 is 1.80 bits per heavy atom. The lowest BCUT2D eigenvalue weighted by Crippen LogP contribution is -2.51. The Morgan fingerprint density at radius 3 is 2.57 bits per heavy atom. The van der Waals surface area contributed by atoms with Crippen LogP contribution in [-0.4, -0.2) is 58.4 Å². The maximum absolute atomic E-state index is 13.7. The molecule has 35 heavy (non-hydrogen) atoms. The molecular weight excluding hydrogens is 458 g/mol. The monoisotopic (exact) mass is 497 g/mol. The van der Waals surface area contributed by atoms with Crippen LogP contribution >= 0.6 is 11.3 Å². The average molecular weight is 498 g/mol. The number of thiazole rings is 1. The average Bonchev–Trinajstić information content (AvgIpc) is 3.30. The van der Waals surface area contributed by atoms with Crippen molar-refractivity contribution >= 4 is 23.2 Å². The van der Waals surface area contributed by atoms with Crippen LogP contribution in [0.2, 0.25) is 0 Å². The summed E-state index contributed by atoms with van der Waals surface area (Å²) < 4.78 is 6.65. The van der Waals surface area contributed by atoms with Crippen LogP contribution in [0, 0.1) is 6.92 Å². The molecule has 0 saturated heterocycles. The second-order valence-electron chi connectivity index (χ2n) is 9.83.